The van der Waals surface area contributed by atoms with Gasteiger partial charge in [0.15, 0.2) is 10.2 Å². The molecule has 0 amide bonds. The third-order valence-corrected chi connectivity index (χ3v) is 5.70. The van der Waals surface area contributed by atoms with Crippen molar-refractivity contribution in [3.63, 3.8) is 0 Å². The summed E-state index contributed by atoms with van der Waals surface area (Å²) in [4.78, 5) is 6.14. The molecule has 0 aromatic carbocycles. The molecule has 0 aliphatic carbocycles. The Hall–Kier alpha value is -0.700. The second kappa shape index (κ2) is 3.55. The molecule has 3 aliphatic heterocycles. The molecule has 3 saturated heterocycles. The summed E-state index contributed by atoms with van der Waals surface area (Å²) in [5.74, 6) is 0. The summed E-state index contributed by atoms with van der Waals surface area (Å²) in [5.41, 5.74) is -2.13. The highest BCUT2D eigenvalue weighted by atomic mass is 32.1. The van der Waals surface area contributed by atoms with Gasteiger partial charge >= 0.3 is 0 Å². The minimum atomic E-state index is -0.956. The van der Waals surface area contributed by atoms with Crippen LogP contribution in [-0.4, -0.2) is 47.9 Å². The summed E-state index contributed by atoms with van der Waals surface area (Å²) in [6.07, 6.45) is 0.566. The van der Waals surface area contributed by atoms with Crippen molar-refractivity contribution in [1.29, 1.82) is 0 Å². The van der Waals surface area contributed by atoms with Gasteiger partial charge in [0.25, 0.3) is 0 Å². The van der Waals surface area contributed by atoms with Crippen LogP contribution in [0.3, 0.4) is 0 Å². The first-order valence-electron chi connectivity index (χ1n) is 6.60. The molecule has 0 bridgehead atoms. The van der Waals surface area contributed by atoms with Gasteiger partial charge < -0.3 is 10.6 Å². The van der Waals surface area contributed by atoms with Crippen molar-refractivity contribution in [2.24, 2.45) is 0 Å². The van der Waals surface area contributed by atoms with Crippen LogP contribution in [-0.2, 0) is 4.84 Å². The van der Waals surface area contributed by atoms with Crippen molar-refractivity contribution in [1.82, 2.24) is 20.8 Å². The van der Waals surface area contributed by atoms with E-state index < -0.39 is 11.3 Å². The van der Waals surface area contributed by atoms with Gasteiger partial charge in [-0.1, -0.05) is 0 Å². The minimum absolute atomic E-state index is 0.269. The number of hydroxylamine groups is 4. The Morgan fingerprint density at radius 2 is 1.60 bits per heavy atom. The number of nitrogens with one attached hydrogen (secondary N) is 2. The van der Waals surface area contributed by atoms with Gasteiger partial charge in [0.05, 0.1) is 16.6 Å². The van der Waals surface area contributed by atoms with Crippen LogP contribution in [0.1, 0.15) is 41.0 Å². The molecule has 112 valence electrons. The van der Waals surface area contributed by atoms with E-state index >= 15 is 0 Å². The predicted octanol–water partition coefficient (Wildman–Crippen LogP) is 1.10. The van der Waals surface area contributed by atoms with Crippen molar-refractivity contribution in [2.45, 2.75) is 63.4 Å². The normalized spacial score (nSPS) is 41.1. The van der Waals surface area contributed by atoms with Gasteiger partial charge in [-0.05, 0) is 59.1 Å². The highest BCUT2D eigenvalue weighted by Gasteiger charge is 2.72. The fourth-order valence-corrected chi connectivity index (χ4v) is 4.21. The average Bonchev–Trinajstić information content (AvgIpc) is 2.76. The average molecular weight is 316 g/mol. The van der Waals surface area contributed by atoms with E-state index in [1.54, 1.807) is 5.06 Å². The van der Waals surface area contributed by atoms with E-state index in [-0.39, 0.29) is 16.2 Å². The Morgan fingerprint density at radius 1 is 1.05 bits per heavy atom. The van der Waals surface area contributed by atoms with Crippen LogP contribution >= 0.6 is 24.4 Å². The largest absolute Gasteiger partial charge is 0.353 e. The quantitative estimate of drug-likeness (QED) is 0.575. The molecule has 3 heterocycles. The van der Waals surface area contributed by atoms with Crippen molar-refractivity contribution in [3.8, 4) is 0 Å². The fraction of sp³-hybridized carbons (Fsp3) is 0.833. The lowest BCUT2D eigenvalue weighted by Gasteiger charge is -2.39. The second-order valence-corrected chi connectivity index (χ2v) is 7.82. The maximum absolute atomic E-state index is 10.4. The molecule has 3 aliphatic rings. The van der Waals surface area contributed by atoms with Crippen LogP contribution in [0.15, 0.2) is 0 Å². The van der Waals surface area contributed by atoms with Crippen LogP contribution in [0.2, 0.25) is 0 Å². The Bertz CT molecular complexity index is 524. The predicted molar refractivity (Wildman–Crippen MR) is 81.9 cm³/mol. The van der Waals surface area contributed by atoms with Crippen LogP contribution in [0.25, 0.3) is 0 Å². The summed E-state index contributed by atoms with van der Waals surface area (Å²) in [6.45, 7) is 10.2. The second-order valence-electron chi connectivity index (χ2n) is 7.04. The smallest absolute Gasteiger partial charge is 0.218 e. The first-order chi connectivity index (χ1) is 8.97. The summed E-state index contributed by atoms with van der Waals surface area (Å²) in [5, 5.41) is 20.4. The highest BCUT2D eigenvalue weighted by molar-refractivity contribution is 7.80. The molecule has 0 unspecified atom stereocenters. The molecular weight excluding hydrogens is 296 g/mol. The lowest BCUT2D eigenvalue weighted by molar-refractivity contribution is -0.287. The van der Waals surface area contributed by atoms with E-state index in [2.05, 4.69) is 31.4 Å². The molecule has 3 N–H and O–H groups in total. The third-order valence-electron chi connectivity index (χ3n) is 5.16. The van der Waals surface area contributed by atoms with Gasteiger partial charge in [-0.3, -0.25) is 5.21 Å². The van der Waals surface area contributed by atoms with Crippen molar-refractivity contribution in [3.05, 3.63) is 0 Å². The fourth-order valence-electron chi connectivity index (χ4n) is 3.31. The standard InChI is InChI=1S/C12H20N4O2S2/c1-9(2)11(5)6-12(18-16(11)8(20)14-9)10(3,4)13-7(19)15(12)17/h17H,6H2,1-5H3,(H,13,19)(H,14,20)/t11-,12+/m0/s1. The number of nitrogens with zero attached hydrogens (tertiary/aromatic N) is 2. The number of fused-ring (bicyclic) bond motifs is 1. The number of rotatable bonds is 0. The molecule has 0 aromatic rings. The van der Waals surface area contributed by atoms with Crippen LogP contribution < -0.4 is 10.6 Å². The molecule has 20 heavy (non-hydrogen) atoms. The maximum Gasteiger partial charge on any atom is 0.218 e. The van der Waals surface area contributed by atoms with Gasteiger partial charge in [0.2, 0.25) is 5.72 Å². The van der Waals surface area contributed by atoms with Crippen LogP contribution in [0, 0.1) is 0 Å². The van der Waals surface area contributed by atoms with Gasteiger partial charge in [-0.2, -0.15) is 5.06 Å². The molecule has 0 aromatic heterocycles. The van der Waals surface area contributed by atoms with Crippen molar-refractivity contribution >= 4 is 34.7 Å². The Morgan fingerprint density at radius 3 is 2.05 bits per heavy atom. The van der Waals surface area contributed by atoms with E-state index in [1.165, 1.54) is 0 Å². The van der Waals surface area contributed by atoms with E-state index in [0.29, 0.717) is 11.5 Å². The Balaban J connectivity index is 2.10. The molecule has 0 radical (unpaired) electrons. The highest BCUT2D eigenvalue weighted by Crippen LogP contribution is 2.54. The molecule has 2 atom stereocenters. The van der Waals surface area contributed by atoms with Crippen molar-refractivity contribution < 1.29 is 10.0 Å². The summed E-state index contributed by atoms with van der Waals surface area (Å²) in [6, 6.07) is 0. The van der Waals surface area contributed by atoms with Crippen LogP contribution in [0.5, 0.6) is 0 Å². The zero-order valence-corrected chi connectivity index (χ0v) is 13.9. The first-order valence-corrected chi connectivity index (χ1v) is 7.41. The summed E-state index contributed by atoms with van der Waals surface area (Å²) >= 11 is 10.5. The van der Waals surface area contributed by atoms with E-state index in [9.17, 15) is 5.21 Å². The molecule has 3 fully saturated rings. The van der Waals surface area contributed by atoms with Gasteiger partial charge in [-0.25, -0.2) is 9.90 Å². The minimum Gasteiger partial charge on any atom is -0.353 e. The molecule has 6 nitrogen and oxygen atoms in total. The first kappa shape index (κ1) is 14.2. The molecular formula is C12H20N4O2S2. The SMILES string of the molecule is CC1(C)NC(=S)N(O)[C@@]12C[C@]1(C)N(O2)C(=S)NC1(C)C. The zero-order valence-electron chi connectivity index (χ0n) is 12.3. The lowest BCUT2D eigenvalue weighted by atomic mass is 9.74. The number of hydrogen-bond acceptors (Lipinski definition) is 4. The zero-order chi connectivity index (χ0) is 15.1. The van der Waals surface area contributed by atoms with Gasteiger partial charge in [-0.15, -0.1) is 0 Å². The van der Waals surface area contributed by atoms with E-state index in [0.717, 1.165) is 5.06 Å². The summed E-state index contributed by atoms with van der Waals surface area (Å²) < 4.78 is 0. The Kier molecular flexibility index (Phi) is 2.53. The maximum atomic E-state index is 10.4. The van der Waals surface area contributed by atoms with Gasteiger partial charge in [0.1, 0.15) is 0 Å². The Labute approximate surface area is 129 Å². The third kappa shape index (κ3) is 1.35. The van der Waals surface area contributed by atoms with E-state index in [1.807, 2.05) is 13.8 Å². The molecule has 1 spiro atoms. The van der Waals surface area contributed by atoms with Crippen LogP contribution in [0.4, 0.5) is 0 Å². The van der Waals surface area contributed by atoms with E-state index in [4.69, 9.17) is 29.3 Å². The van der Waals surface area contributed by atoms with Gasteiger partial charge in [0, 0.05) is 6.42 Å². The molecule has 8 heteroatoms. The topological polar surface area (TPSA) is 60.0 Å². The lowest BCUT2D eigenvalue weighted by Crippen LogP contribution is -2.60. The monoisotopic (exact) mass is 316 g/mol. The van der Waals surface area contributed by atoms with Crippen molar-refractivity contribution in [2.75, 3.05) is 0 Å². The number of hydrogen-bond donors (Lipinski definition) is 3. The number of thiocarbonyl (C=S) groups is 2. The summed E-state index contributed by atoms with van der Waals surface area (Å²) in [7, 11) is 0. The molecule has 3 rings (SSSR count). The molecule has 0 saturated carbocycles.